The van der Waals surface area contributed by atoms with Crippen molar-refractivity contribution in [3.8, 4) is 0 Å². The van der Waals surface area contributed by atoms with E-state index in [1.54, 1.807) is 24.3 Å². The number of rotatable bonds is 6. The maximum absolute atomic E-state index is 12.6. The van der Waals surface area contributed by atoms with Gasteiger partial charge in [0.1, 0.15) is 0 Å². The summed E-state index contributed by atoms with van der Waals surface area (Å²) >= 11 is -0.0784. The van der Waals surface area contributed by atoms with Gasteiger partial charge in [0.25, 0.3) is 0 Å². The van der Waals surface area contributed by atoms with Gasteiger partial charge < -0.3 is 9.80 Å². The Bertz CT molecular complexity index is 821. The van der Waals surface area contributed by atoms with Crippen LogP contribution in [0.25, 0.3) is 0 Å². The molecule has 1 aliphatic heterocycles. The molecular formula is C21H27F3N4S. The van der Waals surface area contributed by atoms with Gasteiger partial charge in [-0.25, -0.2) is 0 Å². The smallest absolute Gasteiger partial charge is 0.357 e. The predicted molar refractivity (Wildman–Crippen MR) is 112 cm³/mol. The molecule has 0 radical (unpaired) electrons. The summed E-state index contributed by atoms with van der Waals surface area (Å²) in [4.78, 5) is 11.2. The Hall–Kier alpha value is -1.77. The van der Waals surface area contributed by atoms with Crippen molar-refractivity contribution >= 4 is 17.4 Å². The van der Waals surface area contributed by atoms with Gasteiger partial charge in [0.15, 0.2) is 0 Å². The van der Waals surface area contributed by atoms with Crippen LogP contribution in [0.5, 0.6) is 0 Å². The third kappa shape index (κ3) is 5.87. The second-order valence-corrected chi connectivity index (χ2v) is 9.41. The van der Waals surface area contributed by atoms with E-state index >= 15 is 0 Å². The minimum atomic E-state index is -4.26. The zero-order valence-electron chi connectivity index (χ0n) is 17.2. The molecule has 0 unspecified atom stereocenters. The maximum atomic E-state index is 12.6. The Morgan fingerprint density at radius 3 is 2.41 bits per heavy atom. The number of halogens is 3. The van der Waals surface area contributed by atoms with Crippen molar-refractivity contribution in [1.82, 2.24) is 14.8 Å². The van der Waals surface area contributed by atoms with Gasteiger partial charge in [0.05, 0.1) is 6.67 Å². The third-order valence-corrected chi connectivity index (χ3v) is 5.80. The topological polar surface area (TPSA) is 22.6 Å². The SMILES string of the molecule is CN(C)Cc1cnccc1CN1CN(c2ccc(SC(F)(F)F)cc2)CC1(C)C. The van der Waals surface area contributed by atoms with Gasteiger partial charge in [-0.2, -0.15) is 13.2 Å². The van der Waals surface area contributed by atoms with Crippen molar-refractivity contribution in [2.75, 3.05) is 32.2 Å². The van der Waals surface area contributed by atoms with E-state index < -0.39 is 5.51 Å². The van der Waals surface area contributed by atoms with Crippen molar-refractivity contribution in [3.63, 3.8) is 0 Å². The van der Waals surface area contributed by atoms with E-state index in [2.05, 4.69) is 39.6 Å². The number of thioether (sulfide) groups is 1. The average molecular weight is 425 g/mol. The molecule has 1 saturated heterocycles. The fourth-order valence-electron chi connectivity index (χ4n) is 3.61. The first kappa shape index (κ1) is 21.9. The first-order valence-electron chi connectivity index (χ1n) is 9.46. The van der Waals surface area contributed by atoms with Crippen LogP contribution in [0.4, 0.5) is 18.9 Å². The van der Waals surface area contributed by atoms with E-state index in [-0.39, 0.29) is 22.2 Å². The van der Waals surface area contributed by atoms with Crippen LogP contribution in [0.15, 0.2) is 47.6 Å². The molecule has 2 heterocycles. The van der Waals surface area contributed by atoms with E-state index in [9.17, 15) is 13.2 Å². The van der Waals surface area contributed by atoms with Crippen molar-refractivity contribution in [1.29, 1.82) is 0 Å². The Labute approximate surface area is 174 Å². The van der Waals surface area contributed by atoms with Gasteiger partial charge in [-0.1, -0.05) is 0 Å². The summed E-state index contributed by atoms with van der Waals surface area (Å²) in [6, 6.07) is 8.71. The molecule has 0 atom stereocenters. The molecule has 2 aromatic rings. The molecule has 8 heteroatoms. The minimum absolute atomic E-state index is 0.0575. The first-order chi connectivity index (χ1) is 13.5. The Morgan fingerprint density at radius 1 is 1.10 bits per heavy atom. The van der Waals surface area contributed by atoms with Crippen molar-refractivity contribution in [2.24, 2.45) is 0 Å². The minimum Gasteiger partial charge on any atom is -0.357 e. The van der Waals surface area contributed by atoms with Crippen molar-refractivity contribution in [2.45, 2.75) is 42.9 Å². The molecule has 0 bridgehead atoms. The second-order valence-electron chi connectivity index (χ2n) is 8.27. The molecule has 0 saturated carbocycles. The number of benzene rings is 1. The monoisotopic (exact) mass is 424 g/mol. The van der Waals surface area contributed by atoms with Crippen LogP contribution in [-0.2, 0) is 13.1 Å². The average Bonchev–Trinajstić information content (AvgIpc) is 2.90. The molecule has 0 N–H and O–H groups in total. The van der Waals surface area contributed by atoms with Crippen molar-refractivity contribution < 1.29 is 13.2 Å². The van der Waals surface area contributed by atoms with Gasteiger partial charge in [-0.15, -0.1) is 0 Å². The second kappa shape index (κ2) is 8.53. The Kier molecular flexibility index (Phi) is 6.45. The zero-order chi connectivity index (χ0) is 21.2. The molecule has 4 nitrogen and oxygen atoms in total. The zero-order valence-corrected chi connectivity index (χ0v) is 18.0. The van der Waals surface area contributed by atoms with Gasteiger partial charge in [-0.3, -0.25) is 9.88 Å². The lowest BCUT2D eigenvalue weighted by molar-refractivity contribution is -0.0328. The number of nitrogens with zero attached hydrogens (tertiary/aromatic N) is 4. The molecule has 1 aliphatic rings. The van der Waals surface area contributed by atoms with Gasteiger partial charge in [-0.05, 0) is 81.2 Å². The summed E-state index contributed by atoms with van der Waals surface area (Å²) < 4.78 is 37.7. The molecule has 158 valence electrons. The highest BCUT2D eigenvalue weighted by Gasteiger charge is 2.37. The molecule has 0 spiro atoms. The number of alkyl halides is 3. The van der Waals surface area contributed by atoms with Crippen molar-refractivity contribution in [3.05, 3.63) is 53.9 Å². The normalized spacial score (nSPS) is 17.3. The highest BCUT2D eigenvalue weighted by molar-refractivity contribution is 8.00. The van der Waals surface area contributed by atoms with Gasteiger partial charge in [0.2, 0.25) is 0 Å². The lowest BCUT2D eigenvalue weighted by Crippen LogP contribution is -2.39. The van der Waals surface area contributed by atoms with Crippen LogP contribution < -0.4 is 4.90 Å². The van der Waals surface area contributed by atoms with Crippen LogP contribution in [0.2, 0.25) is 0 Å². The predicted octanol–water partition coefficient (Wildman–Crippen LogP) is 4.81. The van der Waals surface area contributed by atoms with Crippen LogP contribution >= 0.6 is 11.8 Å². The summed E-state index contributed by atoms with van der Waals surface area (Å²) in [5.74, 6) is 0. The summed E-state index contributed by atoms with van der Waals surface area (Å²) in [7, 11) is 4.08. The molecule has 1 aromatic carbocycles. The number of hydrogen-bond donors (Lipinski definition) is 0. The fraction of sp³-hybridized carbons (Fsp3) is 0.476. The molecule has 1 fully saturated rings. The summed E-state index contributed by atoms with van der Waals surface area (Å²) in [5, 5.41) is 0. The summed E-state index contributed by atoms with van der Waals surface area (Å²) in [6.07, 6.45) is 3.75. The molecule has 1 aromatic heterocycles. The quantitative estimate of drug-likeness (QED) is 0.619. The summed E-state index contributed by atoms with van der Waals surface area (Å²) in [6.45, 7) is 7.58. The Balaban J connectivity index is 1.72. The number of hydrogen-bond acceptors (Lipinski definition) is 5. The lowest BCUT2D eigenvalue weighted by Gasteiger charge is -2.30. The standard InChI is InChI=1S/C21H27F3N4S/c1-20(2)14-27(18-5-7-19(8-6-18)29-21(22,23)24)15-28(20)13-16-9-10-25-11-17(16)12-26(3)4/h5-11H,12-15H2,1-4H3. The fourth-order valence-corrected chi connectivity index (χ4v) is 4.15. The van der Waals surface area contributed by atoms with Crippen LogP contribution in [0.1, 0.15) is 25.0 Å². The molecule has 0 aliphatic carbocycles. The van der Waals surface area contributed by atoms with Crippen LogP contribution in [-0.4, -0.2) is 53.1 Å². The largest absolute Gasteiger partial charge is 0.446 e. The molecule has 29 heavy (non-hydrogen) atoms. The van der Waals surface area contributed by atoms with Crippen LogP contribution in [0.3, 0.4) is 0 Å². The van der Waals surface area contributed by atoms with E-state index in [1.165, 1.54) is 11.1 Å². The molecular weight excluding hydrogens is 397 g/mol. The van der Waals surface area contributed by atoms with Gasteiger partial charge >= 0.3 is 5.51 Å². The Morgan fingerprint density at radius 2 is 1.79 bits per heavy atom. The first-order valence-corrected chi connectivity index (χ1v) is 10.3. The number of pyridine rings is 1. The van der Waals surface area contributed by atoms with E-state index in [0.717, 1.165) is 32.0 Å². The summed E-state index contributed by atoms with van der Waals surface area (Å²) in [5.41, 5.74) is -0.919. The van der Waals surface area contributed by atoms with Crippen LogP contribution in [0, 0.1) is 0 Å². The lowest BCUT2D eigenvalue weighted by atomic mass is 10.0. The maximum Gasteiger partial charge on any atom is 0.446 e. The highest BCUT2D eigenvalue weighted by atomic mass is 32.2. The van der Waals surface area contributed by atoms with E-state index in [4.69, 9.17) is 0 Å². The van der Waals surface area contributed by atoms with E-state index in [0.29, 0.717) is 0 Å². The van der Waals surface area contributed by atoms with Gasteiger partial charge in [0, 0.05) is 48.1 Å². The number of anilines is 1. The van der Waals surface area contributed by atoms with E-state index in [1.807, 2.05) is 26.5 Å². The molecule has 3 rings (SSSR count). The highest BCUT2D eigenvalue weighted by Crippen LogP contribution is 2.38. The number of aromatic nitrogens is 1. The molecule has 0 amide bonds. The third-order valence-electron chi connectivity index (χ3n) is 5.06.